The predicted molar refractivity (Wildman–Crippen MR) is 106 cm³/mol. The highest BCUT2D eigenvalue weighted by molar-refractivity contribution is 5.82. The lowest BCUT2D eigenvalue weighted by Gasteiger charge is -2.09. The summed E-state index contributed by atoms with van der Waals surface area (Å²) in [7, 11) is 1.43. The van der Waals surface area contributed by atoms with Crippen molar-refractivity contribution in [3.05, 3.63) is 52.2 Å². The molecule has 0 spiro atoms. The van der Waals surface area contributed by atoms with Gasteiger partial charge in [-0.1, -0.05) is 32.3 Å². The summed E-state index contributed by atoms with van der Waals surface area (Å²) in [4.78, 5) is 12.6. The molecule has 0 aliphatic heterocycles. The fourth-order valence-electron chi connectivity index (χ4n) is 3.15. The molecule has 0 saturated heterocycles. The van der Waals surface area contributed by atoms with Crippen LogP contribution in [0, 0.1) is 0 Å². The number of aromatic hydroxyl groups is 2. The van der Waals surface area contributed by atoms with Crippen LogP contribution in [0.3, 0.4) is 0 Å². The van der Waals surface area contributed by atoms with Crippen LogP contribution in [0.4, 0.5) is 0 Å². The normalized spacial score (nSPS) is 11.0. The summed E-state index contributed by atoms with van der Waals surface area (Å²) in [6.45, 7) is 2.18. The van der Waals surface area contributed by atoms with Crippen molar-refractivity contribution in [2.24, 2.45) is 0 Å². The Labute approximate surface area is 157 Å². The first-order chi connectivity index (χ1) is 13.0. The molecule has 142 valence electrons. The van der Waals surface area contributed by atoms with Gasteiger partial charge in [0.1, 0.15) is 5.58 Å². The highest BCUT2D eigenvalue weighted by atomic mass is 16.5. The number of phenols is 1. The first-order valence-corrected chi connectivity index (χ1v) is 9.21. The van der Waals surface area contributed by atoms with E-state index in [1.807, 2.05) is 12.1 Å². The van der Waals surface area contributed by atoms with Gasteiger partial charge in [0.15, 0.2) is 17.3 Å². The molecular formula is C22H24O5. The number of rotatable bonds is 7. The smallest absolute Gasteiger partial charge is 0.235 e. The molecule has 2 aromatic carbocycles. The van der Waals surface area contributed by atoms with Crippen molar-refractivity contribution in [1.29, 1.82) is 0 Å². The molecule has 0 unspecified atom stereocenters. The van der Waals surface area contributed by atoms with Crippen molar-refractivity contribution in [3.63, 3.8) is 0 Å². The quantitative estimate of drug-likeness (QED) is 0.574. The van der Waals surface area contributed by atoms with Gasteiger partial charge in [0.05, 0.1) is 12.5 Å². The Morgan fingerprint density at radius 1 is 1.04 bits per heavy atom. The van der Waals surface area contributed by atoms with Crippen LogP contribution in [0.1, 0.15) is 38.2 Å². The summed E-state index contributed by atoms with van der Waals surface area (Å²) in [5, 5.41) is 20.4. The number of hydrogen-bond acceptors (Lipinski definition) is 5. The second-order valence-electron chi connectivity index (χ2n) is 6.64. The molecule has 3 rings (SSSR count). The lowest BCUT2D eigenvalue weighted by Crippen LogP contribution is -2.03. The molecule has 0 atom stereocenters. The van der Waals surface area contributed by atoms with Gasteiger partial charge in [0.2, 0.25) is 11.2 Å². The van der Waals surface area contributed by atoms with Crippen LogP contribution in [-0.2, 0) is 6.42 Å². The number of ether oxygens (including phenoxy) is 1. The molecule has 0 radical (unpaired) electrons. The number of fused-ring (bicyclic) bond motifs is 1. The van der Waals surface area contributed by atoms with Crippen molar-refractivity contribution in [2.45, 2.75) is 39.0 Å². The van der Waals surface area contributed by atoms with Gasteiger partial charge in [-0.25, -0.2) is 0 Å². The van der Waals surface area contributed by atoms with E-state index >= 15 is 0 Å². The molecule has 0 aliphatic rings. The average molecular weight is 368 g/mol. The van der Waals surface area contributed by atoms with E-state index in [-0.39, 0.29) is 17.3 Å². The van der Waals surface area contributed by atoms with Crippen molar-refractivity contribution in [1.82, 2.24) is 0 Å². The molecule has 0 fully saturated rings. The molecule has 1 aromatic heterocycles. The minimum atomic E-state index is -0.476. The van der Waals surface area contributed by atoms with E-state index in [0.717, 1.165) is 18.4 Å². The van der Waals surface area contributed by atoms with Crippen molar-refractivity contribution in [3.8, 4) is 28.6 Å². The minimum Gasteiger partial charge on any atom is -0.504 e. The number of phenolic OH excluding ortho intramolecular Hbond substituents is 1. The van der Waals surface area contributed by atoms with Gasteiger partial charge < -0.3 is 19.4 Å². The summed E-state index contributed by atoms with van der Waals surface area (Å²) in [6, 6.07) is 10.0. The number of benzene rings is 2. The lowest BCUT2D eigenvalue weighted by atomic mass is 10.0. The van der Waals surface area contributed by atoms with Gasteiger partial charge >= 0.3 is 0 Å². The monoisotopic (exact) mass is 368 g/mol. The summed E-state index contributed by atoms with van der Waals surface area (Å²) < 4.78 is 11.0. The van der Waals surface area contributed by atoms with Gasteiger partial charge in [0.25, 0.3) is 0 Å². The average Bonchev–Trinajstić information content (AvgIpc) is 2.68. The SMILES string of the molecule is CCCCCCc1ccc2c(=O)c(O)c(-c3ccc(O)c(OC)c3)oc2c1. The Hall–Kier alpha value is -2.95. The van der Waals surface area contributed by atoms with Crippen LogP contribution in [0.15, 0.2) is 45.6 Å². The highest BCUT2D eigenvalue weighted by Gasteiger charge is 2.17. The van der Waals surface area contributed by atoms with E-state index in [2.05, 4.69) is 6.92 Å². The number of methoxy groups -OCH3 is 1. The highest BCUT2D eigenvalue weighted by Crippen LogP contribution is 2.35. The third-order valence-corrected chi connectivity index (χ3v) is 4.69. The second-order valence-corrected chi connectivity index (χ2v) is 6.64. The molecular weight excluding hydrogens is 344 g/mol. The predicted octanol–water partition coefficient (Wildman–Crippen LogP) is 5.00. The van der Waals surface area contributed by atoms with Crippen LogP contribution < -0.4 is 10.2 Å². The fourth-order valence-corrected chi connectivity index (χ4v) is 3.15. The van der Waals surface area contributed by atoms with Gasteiger partial charge in [-0.15, -0.1) is 0 Å². The van der Waals surface area contributed by atoms with E-state index in [9.17, 15) is 15.0 Å². The number of aryl methyl sites for hydroxylation is 1. The topological polar surface area (TPSA) is 79.9 Å². The van der Waals surface area contributed by atoms with Crippen LogP contribution in [0.25, 0.3) is 22.3 Å². The Bertz CT molecular complexity index is 1000. The molecule has 2 N–H and O–H groups in total. The molecule has 1 heterocycles. The van der Waals surface area contributed by atoms with E-state index in [0.29, 0.717) is 16.5 Å². The molecule has 5 heteroatoms. The summed E-state index contributed by atoms with van der Waals surface area (Å²) in [6.07, 6.45) is 5.58. The Balaban J connectivity index is 2.03. The molecule has 0 bridgehead atoms. The maximum absolute atomic E-state index is 12.6. The van der Waals surface area contributed by atoms with Gasteiger partial charge in [-0.05, 0) is 48.7 Å². The van der Waals surface area contributed by atoms with E-state index in [1.54, 1.807) is 12.1 Å². The maximum atomic E-state index is 12.6. The Kier molecular flexibility index (Phi) is 5.69. The van der Waals surface area contributed by atoms with Crippen LogP contribution >= 0.6 is 0 Å². The van der Waals surface area contributed by atoms with Gasteiger partial charge in [0, 0.05) is 5.56 Å². The Morgan fingerprint density at radius 2 is 1.85 bits per heavy atom. The minimum absolute atomic E-state index is 0.0294. The van der Waals surface area contributed by atoms with Crippen LogP contribution in [-0.4, -0.2) is 17.3 Å². The van der Waals surface area contributed by atoms with Crippen molar-refractivity contribution >= 4 is 11.0 Å². The first-order valence-electron chi connectivity index (χ1n) is 9.21. The zero-order valence-corrected chi connectivity index (χ0v) is 15.6. The summed E-state index contributed by atoms with van der Waals surface area (Å²) in [5.74, 6) is -0.183. The lowest BCUT2D eigenvalue weighted by molar-refractivity contribution is 0.373. The number of unbranched alkanes of at least 4 members (excludes halogenated alkanes) is 3. The zero-order chi connectivity index (χ0) is 19.4. The van der Waals surface area contributed by atoms with Crippen LogP contribution in [0.5, 0.6) is 17.2 Å². The maximum Gasteiger partial charge on any atom is 0.235 e. The van der Waals surface area contributed by atoms with E-state index in [1.165, 1.54) is 38.5 Å². The van der Waals surface area contributed by atoms with Gasteiger partial charge in [-0.3, -0.25) is 4.79 Å². The molecule has 5 nitrogen and oxygen atoms in total. The standard InChI is InChI=1S/C22H24O5/c1-3-4-5-6-7-14-8-10-16-18(12-14)27-22(21(25)20(16)24)15-9-11-17(23)19(13-15)26-2/h8-13,23,25H,3-7H2,1-2H3. The van der Waals surface area contributed by atoms with Crippen molar-refractivity contribution in [2.75, 3.05) is 7.11 Å². The second kappa shape index (κ2) is 8.16. The third-order valence-electron chi connectivity index (χ3n) is 4.69. The van der Waals surface area contributed by atoms with Gasteiger partial charge in [-0.2, -0.15) is 0 Å². The zero-order valence-electron chi connectivity index (χ0n) is 15.6. The van der Waals surface area contributed by atoms with E-state index < -0.39 is 11.2 Å². The molecule has 0 saturated carbocycles. The van der Waals surface area contributed by atoms with Crippen LogP contribution in [0.2, 0.25) is 0 Å². The molecule has 0 amide bonds. The molecule has 3 aromatic rings. The Morgan fingerprint density at radius 3 is 2.59 bits per heavy atom. The molecule has 27 heavy (non-hydrogen) atoms. The van der Waals surface area contributed by atoms with E-state index in [4.69, 9.17) is 9.15 Å². The fraction of sp³-hybridized carbons (Fsp3) is 0.318. The third kappa shape index (κ3) is 3.92. The summed E-state index contributed by atoms with van der Waals surface area (Å²) >= 11 is 0. The molecule has 0 aliphatic carbocycles. The largest absolute Gasteiger partial charge is 0.504 e. The summed E-state index contributed by atoms with van der Waals surface area (Å²) in [5.41, 5.74) is 1.51. The first kappa shape index (κ1) is 18.8. The number of hydrogen-bond donors (Lipinski definition) is 2. The van der Waals surface area contributed by atoms with Crippen molar-refractivity contribution < 1.29 is 19.4 Å².